The highest BCUT2D eigenvalue weighted by Gasteiger charge is 1.95. The zero-order chi connectivity index (χ0) is 17.3. The number of ether oxygens (including phenoxy) is 2. The molecule has 0 heterocycles. The minimum Gasteiger partial charge on any atom is -0.478 e. The van der Waals surface area contributed by atoms with Crippen molar-refractivity contribution in [1.29, 1.82) is 0 Å². The standard InChI is InChI=1S/C7H12O2.C5H8O2.C3H4O2.H3N/c1-3-5-6-9-7(8)4-2;1-4(2)5(6)7-3;1-2-3(4)5;/h4H,2-3,5-6H2,1H3;1H2,2-3H3;2H,1H2,(H,4,5);1H3. The summed E-state index contributed by atoms with van der Waals surface area (Å²) in [4.78, 5) is 29.8. The van der Waals surface area contributed by atoms with E-state index in [1.165, 1.54) is 13.2 Å². The Labute approximate surface area is 131 Å². The Bertz CT molecular complexity index is 363. The van der Waals surface area contributed by atoms with E-state index < -0.39 is 5.97 Å². The minimum atomic E-state index is -0.981. The van der Waals surface area contributed by atoms with Gasteiger partial charge in [0.15, 0.2) is 0 Å². The Morgan fingerprint density at radius 3 is 1.82 bits per heavy atom. The first-order chi connectivity index (χ1) is 9.76. The van der Waals surface area contributed by atoms with Gasteiger partial charge in [0.05, 0.1) is 13.7 Å². The molecule has 0 radical (unpaired) electrons. The predicted octanol–water partition coefficient (Wildman–Crippen LogP) is 2.67. The lowest BCUT2D eigenvalue weighted by atomic mass is 10.4. The number of carbonyl (C=O) groups excluding carboxylic acids is 2. The van der Waals surface area contributed by atoms with Crippen LogP contribution in [0.5, 0.6) is 0 Å². The maximum Gasteiger partial charge on any atom is 0.332 e. The van der Waals surface area contributed by atoms with Gasteiger partial charge in [0, 0.05) is 17.7 Å². The van der Waals surface area contributed by atoms with Gasteiger partial charge in [-0.1, -0.05) is 33.1 Å². The number of rotatable bonds is 6. The van der Waals surface area contributed by atoms with Crippen LogP contribution in [-0.4, -0.2) is 36.7 Å². The van der Waals surface area contributed by atoms with Crippen molar-refractivity contribution < 1.29 is 29.0 Å². The molecule has 0 unspecified atom stereocenters. The van der Waals surface area contributed by atoms with Gasteiger partial charge in [-0.05, 0) is 13.3 Å². The highest BCUT2D eigenvalue weighted by molar-refractivity contribution is 5.86. The van der Waals surface area contributed by atoms with Crippen molar-refractivity contribution in [1.82, 2.24) is 6.15 Å². The molecule has 0 saturated heterocycles. The molecule has 0 amide bonds. The molecule has 22 heavy (non-hydrogen) atoms. The van der Waals surface area contributed by atoms with Crippen LogP contribution in [0.15, 0.2) is 37.5 Å². The molecule has 0 aromatic carbocycles. The molecule has 0 spiro atoms. The lowest BCUT2D eigenvalue weighted by molar-refractivity contribution is -0.138. The Morgan fingerprint density at radius 2 is 1.64 bits per heavy atom. The lowest BCUT2D eigenvalue weighted by Gasteiger charge is -1.97. The molecule has 0 bridgehead atoms. The van der Waals surface area contributed by atoms with Crippen LogP contribution in [-0.2, 0) is 23.9 Å². The van der Waals surface area contributed by atoms with Crippen LogP contribution < -0.4 is 6.15 Å². The first-order valence-electron chi connectivity index (χ1n) is 6.15. The van der Waals surface area contributed by atoms with E-state index in [1.54, 1.807) is 6.92 Å². The topological polar surface area (TPSA) is 125 Å². The second kappa shape index (κ2) is 20.9. The second-order valence-electron chi connectivity index (χ2n) is 3.54. The molecule has 0 aromatic heterocycles. The molecule has 128 valence electrons. The maximum absolute atomic E-state index is 10.3. The Morgan fingerprint density at radius 1 is 1.18 bits per heavy atom. The molecule has 7 heteroatoms. The lowest BCUT2D eigenvalue weighted by Crippen LogP contribution is -2.00. The first kappa shape index (κ1) is 27.9. The molecule has 4 N–H and O–H groups in total. The average molecular weight is 317 g/mol. The van der Waals surface area contributed by atoms with Gasteiger partial charge in [-0.3, -0.25) is 0 Å². The van der Waals surface area contributed by atoms with Gasteiger partial charge in [-0.15, -0.1) is 0 Å². The summed E-state index contributed by atoms with van der Waals surface area (Å²) in [5.74, 6) is -1.66. The molecule has 0 saturated carbocycles. The van der Waals surface area contributed by atoms with E-state index in [9.17, 15) is 14.4 Å². The normalized spacial score (nSPS) is 7.41. The molecule has 0 atom stereocenters. The number of hydrogen-bond acceptors (Lipinski definition) is 6. The van der Waals surface area contributed by atoms with E-state index >= 15 is 0 Å². The number of carboxylic acids is 1. The number of methoxy groups -OCH3 is 1. The van der Waals surface area contributed by atoms with Gasteiger partial charge in [0.2, 0.25) is 0 Å². The van der Waals surface area contributed by atoms with Crippen molar-refractivity contribution in [2.75, 3.05) is 13.7 Å². The third kappa shape index (κ3) is 30.5. The summed E-state index contributed by atoms with van der Waals surface area (Å²) in [5, 5.41) is 7.60. The van der Waals surface area contributed by atoms with Crippen molar-refractivity contribution in [3.8, 4) is 0 Å². The third-order valence-electron chi connectivity index (χ3n) is 1.62. The zero-order valence-corrected chi connectivity index (χ0v) is 13.6. The van der Waals surface area contributed by atoms with Crippen LogP contribution in [0.25, 0.3) is 0 Å². The number of hydrogen-bond donors (Lipinski definition) is 2. The number of esters is 2. The Kier molecular flexibility index (Phi) is 26.5. The van der Waals surface area contributed by atoms with Crippen molar-refractivity contribution in [2.45, 2.75) is 26.7 Å². The largest absolute Gasteiger partial charge is 0.478 e. The number of unbranched alkanes of at least 4 members (excludes halogenated alkanes) is 1. The van der Waals surface area contributed by atoms with Crippen molar-refractivity contribution >= 4 is 17.9 Å². The Hall–Kier alpha value is -2.41. The van der Waals surface area contributed by atoms with E-state index in [0.29, 0.717) is 12.2 Å². The van der Waals surface area contributed by atoms with Gasteiger partial charge in [-0.25, -0.2) is 14.4 Å². The van der Waals surface area contributed by atoms with Crippen LogP contribution in [0.2, 0.25) is 0 Å². The summed E-state index contributed by atoms with van der Waals surface area (Å²) in [6.07, 6.45) is 3.99. The Balaban J connectivity index is -0.000000113. The van der Waals surface area contributed by atoms with Gasteiger partial charge in [0.1, 0.15) is 0 Å². The quantitative estimate of drug-likeness (QED) is 0.438. The van der Waals surface area contributed by atoms with E-state index in [4.69, 9.17) is 5.11 Å². The molecule has 0 rings (SSSR count). The fourth-order valence-corrected chi connectivity index (χ4v) is 0.550. The predicted molar refractivity (Wildman–Crippen MR) is 85.7 cm³/mol. The van der Waals surface area contributed by atoms with Crippen LogP contribution in [0.4, 0.5) is 0 Å². The summed E-state index contributed by atoms with van der Waals surface area (Å²) < 4.78 is 8.95. The molecular weight excluding hydrogens is 290 g/mol. The average Bonchev–Trinajstić information content (AvgIpc) is 2.47. The number of carboxylic acid groups (broad SMARTS) is 1. The minimum absolute atomic E-state index is 0. The molecule has 7 nitrogen and oxygen atoms in total. The highest BCUT2D eigenvalue weighted by Crippen LogP contribution is 1.88. The second-order valence-corrected chi connectivity index (χ2v) is 3.54. The first-order valence-corrected chi connectivity index (χ1v) is 6.15. The molecule has 0 fully saturated rings. The van der Waals surface area contributed by atoms with Gasteiger partial charge >= 0.3 is 17.9 Å². The maximum atomic E-state index is 10.3. The van der Waals surface area contributed by atoms with Crippen LogP contribution in [0.1, 0.15) is 26.7 Å². The van der Waals surface area contributed by atoms with E-state index in [0.717, 1.165) is 18.9 Å². The SMILES string of the molecule is C=C(C)C(=O)OC.C=CC(=O)O.C=CC(=O)OCCCC.N. The molecule has 0 aliphatic heterocycles. The van der Waals surface area contributed by atoms with Gasteiger partial charge < -0.3 is 20.7 Å². The van der Waals surface area contributed by atoms with Crippen LogP contribution in [0.3, 0.4) is 0 Å². The monoisotopic (exact) mass is 317 g/mol. The third-order valence-corrected chi connectivity index (χ3v) is 1.62. The number of aliphatic carboxylic acids is 1. The molecule has 0 aromatic rings. The molecule has 0 aliphatic rings. The van der Waals surface area contributed by atoms with Crippen LogP contribution in [0, 0.1) is 0 Å². The molecular formula is C15H27NO6. The highest BCUT2D eigenvalue weighted by atomic mass is 16.5. The number of carbonyl (C=O) groups is 3. The van der Waals surface area contributed by atoms with Crippen LogP contribution >= 0.6 is 0 Å². The van der Waals surface area contributed by atoms with E-state index in [-0.39, 0.29) is 18.1 Å². The van der Waals surface area contributed by atoms with E-state index in [1.807, 2.05) is 6.92 Å². The molecule has 0 aliphatic carbocycles. The smallest absolute Gasteiger partial charge is 0.332 e. The van der Waals surface area contributed by atoms with Crippen molar-refractivity contribution in [2.24, 2.45) is 0 Å². The summed E-state index contributed by atoms with van der Waals surface area (Å²) >= 11 is 0. The fraction of sp³-hybridized carbons (Fsp3) is 0.400. The zero-order valence-electron chi connectivity index (χ0n) is 13.6. The fourth-order valence-electron chi connectivity index (χ4n) is 0.550. The summed E-state index contributed by atoms with van der Waals surface area (Å²) in [7, 11) is 1.33. The van der Waals surface area contributed by atoms with Crippen molar-refractivity contribution in [3.05, 3.63) is 37.5 Å². The van der Waals surface area contributed by atoms with Crippen molar-refractivity contribution in [3.63, 3.8) is 0 Å². The van der Waals surface area contributed by atoms with Gasteiger partial charge in [0.25, 0.3) is 0 Å². The summed E-state index contributed by atoms with van der Waals surface area (Å²) in [5.41, 5.74) is 0.433. The van der Waals surface area contributed by atoms with E-state index in [2.05, 4.69) is 29.2 Å². The van der Waals surface area contributed by atoms with Gasteiger partial charge in [-0.2, -0.15) is 0 Å². The summed E-state index contributed by atoms with van der Waals surface area (Å²) in [6.45, 7) is 13.7. The summed E-state index contributed by atoms with van der Waals surface area (Å²) in [6, 6.07) is 0.